The molecule has 0 fully saturated rings. The summed E-state index contributed by atoms with van der Waals surface area (Å²) in [5, 5.41) is 21.8. The van der Waals surface area contributed by atoms with Crippen LogP contribution in [0.25, 0.3) is 0 Å². The molecule has 0 saturated carbocycles. The van der Waals surface area contributed by atoms with Crippen molar-refractivity contribution >= 4 is 17.5 Å². The Balaban J connectivity index is 2.51. The van der Waals surface area contributed by atoms with E-state index in [9.17, 15) is 14.9 Å². The Morgan fingerprint density at radius 3 is 2.52 bits per heavy atom. The van der Waals surface area contributed by atoms with Gasteiger partial charge in [0.15, 0.2) is 0 Å². The monoisotopic (exact) mass is 312 g/mol. The molecule has 1 amide bonds. The minimum atomic E-state index is -1.40. The number of amides is 1. The summed E-state index contributed by atoms with van der Waals surface area (Å²) < 4.78 is 5.13. The molecule has 0 aromatic heterocycles. The third-order valence-electron chi connectivity index (χ3n) is 2.87. The average Bonchev–Trinajstić information content (AvgIpc) is 2.53. The van der Waals surface area contributed by atoms with Gasteiger partial charge in [-0.15, -0.1) is 0 Å². The molecule has 2 aromatic carbocycles. The summed E-state index contributed by atoms with van der Waals surface area (Å²) in [6, 6.07) is 11.5. The van der Waals surface area contributed by atoms with Crippen LogP contribution in [0.4, 0.5) is 16.2 Å². The average molecular weight is 312 g/mol. The molecule has 7 heteroatoms. The van der Waals surface area contributed by atoms with Crippen molar-refractivity contribution < 1.29 is 19.6 Å². The summed E-state index contributed by atoms with van der Waals surface area (Å²) in [5.41, 5.74) is 0.458. The molecule has 116 valence electrons. The van der Waals surface area contributed by atoms with E-state index in [2.05, 4.69) is 11.8 Å². The van der Waals surface area contributed by atoms with Crippen molar-refractivity contribution in [3.8, 4) is 17.6 Å². The number of nitrogens with zero attached hydrogens (tertiary/aromatic N) is 1. The highest BCUT2D eigenvalue weighted by atomic mass is 16.6. The van der Waals surface area contributed by atoms with Gasteiger partial charge in [0.25, 0.3) is 5.69 Å². The standard InChI is InChI=1S/C16H12N2O5/c1-23-15-10-13(17-16(19)20)14(18(21)22)9-12(15)8-7-11-5-3-2-4-6-11/h2-6,9-10,17H,1H3,(H,19,20). The number of ether oxygens (including phenoxy) is 1. The Morgan fingerprint density at radius 2 is 1.96 bits per heavy atom. The van der Waals surface area contributed by atoms with E-state index in [0.717, 1.165) is 5.56 Å². The Labute approximate surface area is 131 Å². The van der Waals surface area contributed by atoms with Crippen LogP contribution < -0.4 is 10.1 Å². The lowest BCUT2D eigenvalue weighted by Gasteiger charge is -2.08. The molecule has 0 bridgehead atoms. The van der Waals surface area contributed by atoms with Crippen LogP contribution in [0.3, 0.4) is 0 Å². The van der Waals surface area contributed by atoms with Crippen molar-refractivity contribution in [1.29, 1.82) is 0 Å². The second-order valence-corrected chi connectivity index (χ2v) is 4.37. The van der Waals surface area contributed by atoms with Crippen molar-refractivity contribution in [2.45, 2.75) is 0 Å². The molecule has 2 N–H and O–H groups in total. The van der Waals surface area contributed by atoms with E-state index in [1.54, 1.807) is 12.1 Å². The number of hydrogen-bond donors (Lipinski definition) is 2. The lowest BCUT2D eigenvalue weighted by Crippen LogP contribution is -2.09. The first kappa shape index (κ1) is 15.9. The molecule has 0 atom stereocenters. The van der Waals surface area contributed by atoms with Gasteiger partial charge in [-0.25, -0.2) is 4.79 Å². The van der Waals surface area contributed by atoms with Gasteiger partial charge in [-0.1, -0.05) is 30.0 Å². The first-order chi connectivity index (χ1) is 11.0. The van der Waals surface area contributed by atoms with E-state index in [1.807, 2.05) is 23.5 Å². The van der Waals surface area contributed by atoms with Crippen molar-refractivity contribution in [3.63, 3.8) is 0 Å². The number of rotatable bonds is 3. The van der Waals surface area contributed by atoms with Gasteiger partial charge >= 0.3 is 6.09 Å². The predicted molar refractivity (Wildman–Crippen MR) is 83.7 cm³/mol. The SMILES string of the molecule is COc1cc(NC(=O)O)c([N+](=O)[O-])cc1C#Cc1ccccc1. The van der Waals surface area contributed by atoms with Crippen LogP contribution in [0.1, 0.15) is 11.1 Å². The highest BCUT2D eigenvalue weighted by molar-refractivity contribution is 5.87. The van der Waals surface area contributed by atoms with E-state index >= 15 is 0 Å². The smallest absolute Gasteiger partial charge is 0.409 e. The van der Waals surface area contributed by atoms with Gasteiger partial charge in [-0.2, -0.15) is 0 Å². The van der Waals surface area contributed by atoms with Crippen molar-refractivity contribution in [3.05, 3.63) is 63.7 Å². The largest absolute Gasteiger partial charge is 0.495 e. The Bertz CT molecular complexity index is 806. The molecule has 2 rings (SSSR count). The number of nitro groups is 1. The summed E-state index contributed by atoms with van der Waals surface area (Å²) in [6.45, 7) is 0. The molecule has 0 spiro atoms. The van der Waals surface area contributed by atoms with E-state index in [-0.39, 0.29) is 11.4 Å². The number of anilines is 1. The van der Waals surface area contributed by atoms with Gasteiger partial charge in [0, 0.05) is 17.7 Å². The van der Waals surface area contributed by atoms with Gasteiger partial charge in [0.05, 0.1) is 17.6 Å². The van der Waals surface area contributed by atoms with E-state index in [0.29, 0.717) is 5.56 Å². The zero-order chi connectivity index (χ0) is 16.8. The molecule has 0 aliphatic carbocycles. The first-order valence-corrected chi connectivity index (χ1v) is 6.44. The first-order valence-electron chi connectivity index (χ1n) is 6.44. The summed E-state index contributed by atoms with van der Waals surface area (Å²) in [4.78, 5) is 21.2. The molecule has 0 unspecified atom stereocenters. The van der Waals surface area contributed by atoms with E-state index in [4.69, 9.17) is 9.84 Å². The zero-order valence-corrected chi connectivity index (χ0v) is 12.1. The van der Waals surface area contributed by atoms with Gasteiger partial charge in [-0.05, 0) is 12.1 Å². The molecule has 0 heterocycles. The van der Waals surface area contributed by atoms with Crippen LogP contribution in [0.5, 0.6) is 5.75 Å². The molecule has 0 saturated heterocycles. The number of hydrogen-bond acceptors (Lipinski definition) is 4. The van der Waals surface area contributed by atoms with Crippen LogP contribution >= 0.6 is 0 Å². The molecular formula is C16H12N2O5. The third kappa shape index (κ3) is 3.98. The number of methoxy groups -OCH3 is 1. The van der Waals surface area contributed by atoms with E-state index in [1.165, 1.54) is 19.2 Å². The lowest BCUT2D eigenvalue weighted by atomic mass is 10.1. The minimum Gasteiger partial charge on any atom is -0.495 e. The summed E-state index contributed by atoms with van der Waals surface area (Å²) in [6.07, 6.45) is -1.40. The van der Waals surface area contributed by atoms with Crippen molar-refractivity contribution in [1.82, 2.24) is 0 Å². The topological polar surface area (TPSA) is 102 Å². The third-order valence-corrected chi connectivity index (χ3v) is 2.87. The van der Waals surface area contributed by atoms with E-state index < -0.39 is 16.7 Å². The molecule has 0 aliphatic rings. The molecular weight excluding hydrogens is 300 g/mol. The second-order valence-electron chi connectivity index (χ2n) is 4.37. The molecule has 23 heavy (non-hydrogen) atoms. The molecule has 2 aromatic rings. The Hall–Kier alpha value is -3.53. The van der Waals surface area contributed by atoms with Gasteiger partial charge in [0.2, 0.25) is 0 Å². The van der Waals surface area contributed by atoms with Crippen molar-refractivity contribution in [2.24, 2.45) is 0 Å². The van der Waals surface area contributed by atoms with Crippen LogP contribution in [0, 0.1) is 22.0 Å². The molecule has 0 aliphatic heterocycles. The highest BCUT2D eigenvalue weighted by Crippen LogP contribution is 2.32. The molecule has 0 radical (unpaired) electrons. The zero-order valence-electron chi connectivity index (χ0n) is 12.1. The van der Waals surface area contributed by atoms with Crippen molar-refractivity contribution in [2.75, 3.05) is 12.4 Å². The number of carboxylic acid groups (broad SMARTS) is 1. The summed E-state index contributed by atoms with van der Waals surface area (Å²) in [5.74, 6) is 5.91. The fourth-order valence-corrected chi connectivity index (χ4v) is 1.86. The Morgan fingerprint density at radius 1 is 1.26 bits per heavy atom. The number of carbonyl (C=O) groups is 1. The summed E-state index contributed by atoms with van der Waals surface area (Å²) in [7, 11) is 1.37. The maximum absolute atomic E-state index is 11.1. The van der Waals surface area contributed by atoms with Gasteiger partial charge in [0.1, 0.15) is 11.4 Å². The number of nitrogens with one attached hydrogen (secondary N) is 1. The fraction of sp³-hybridized carbons (Fsp3) is 0.0625. The maximum atomic E-state index is 11.1. The Kier molecular flexibility index (Phi) is 4.79. The number of nitro benzene ring substituents is 1. The van der Waals surface area contributed by atoms with Gasteiger partial charge in [-0.3, -0.25) is 15.4 Å². The fourth-order valence-electron chi connectivity index (χ4n) is 1.86. The number of benzene rings is 2. The summed E-state index contributed by atoms with van der Waals surface area (Å²) >= 11 is 0. The highest BCUT2D eigenvalue weighted by Gasteiger charge is 2.19. The normalized spacial score (nSPS) is 9.43. The second kappa shape index (κ2) is 6.95. The molecule has 7 nitrogen and oxygen atoms in total. The predicted octanol–water partition coefficient (Wildman–Crippen LogP) is 3.09. The van der Waals surface area contributed by atoms with Gasteiger partial charge < -0.3 is 9.84 Å². The van der Waals surface area contributed by atoms with Crippen LogP contribution in [-0.2, 0) is 0 Å². The van der Waals surface area contributed by atoms with Crippen LogP contribution in [-0.4, -0.2) is 23.2 Å². The van der Waals surface area contributed by atoms with Crippen LogP contribution in [0.15, 0.2) is 42.5 Å². The van der Waals surface area contributed by atoms with Crippen LogP contribution in [0.2, 0.25) is 0 Å². The quantitative estimate of drug-likeness (QED) is 0.515. The minimum absolute atomic E-state index is 0.176. The lowest BCUT2D eigenvalue weighted by molar-refractivity contribution is -0.384. The maximum Gasteiger partial charge on any atom is 0.409 e.